The number of carbonyl (C=O) groups is 1. The Balaban J connectivity index is 1.57. The standard InChI is InChI=1S/C16H14F2N6O/c17-13-5-3-6-14(18)12(13)9-24-10-15(22-23-24)21-16(25)20-8-11-4-1-2-7-19-11/h1-7,10H,8-9H2,(H2,20,21,25). The van der Waals surface area contributed by atoms with E-state index in [4.69, 9.17) is 0 Å². The number of carbonyl (C=O) groups excluding carboxylic acids is 1. The minimum Gasteiger partial charge on any atom is -0.332 e. The van der Waals surface area contributed by atoms with Crippen molar-refractivity contribution in [3.63, 3.8) is 0 Å². The third-order valence-electron chi connectivity index (χ3n) is 3.32. The molecule has 9 heteroatoms. The predicted octanol–water partition coefficient (Wildman–Crippen LogP) is 2.32. The van der Waals surface area contributed by atoms with E-state index >= 15 is 0 Å². The molecule has 0 bridgehead atoms. The number of urea groups is 1. The van der Waals surface area contributed by atoms with E-state index in [9.17, 15) is 13.6 Å². The molecule has 2 heterocycles. The summed E-state index contributed by atoms with van der Waals surface area (Å²) in [5.41, 5.74) is 0.579. The molecule has 0 unspecified atom stereocenters. The van der Waals surface area contributed by atoms with Crippen molar-refractivity contribution in [3.8, 4) is 0 Å². The normalized spacial score (nSPS) is 10.5. The topological polar surface area (TPSA) is 84.7 Å². The summed E-state index contributed by atoms with van der Waals surface area (Å²) in [5, 5.41) is 12.6. The number of pyridine rings is 1. The van der Waals surface area contributed by atoms with Gasteiger partial charge in [-0.2, -0.15) is 0 Å². The SMILES string of the molecule is O=C(NCc1ccccn1)Nc1cn(Cc2c(F)cccc2F)nn1. The third-order valence-corrected chi connectivity index (χ3v) is 3.32. The number of anilines is 1. The summed E-state index contributed by atoms with van der Waals surface area (Å²) in [4.78, 5) is 15.9. The summed E-state index contributed by atoms with van der Waals surface area (Å²) in [6, 6.07) is 8.50. The third kappa shape index (κ3) is 4.34. The van der Waals surface area contributed by atoms with Gasteiger partial charge in [0, 0.05) is 11.8 Å². The summed E-state index contributed by atoms with van der Waals surface area (Å²) in [5.74, 6) is -1.17. The van der Waals surface area contributed by atoms with E-state index in [1.807, 2.05) is 6.07 Å². The van der Waals surface area contributed by atoms with Gasteiger partial charge in [0.25, 0.3) is 0 Å². The quantitative estimate of drug-likeness (QED) is 0.744. The number of hydrogen-bond donors (Lipinski definition) is 2. The molecule has 128 valence electrons. The van der Waals surface area contributed by atoms with Crippen LogP contribution in [0.25, 0.3) is 0 Å². The van der Waals surface area contributed by atoms with Gasteiger partial charge in [-0.3, -0.25) is 10.3 Å². The minimum absolute atomic E-state index is 0.126. The Morgan fingerprint density at radius 3 is 2.64 bits per heavy atom. The maximum Gasteiger partial charge on any atom is 0.320 e. The van der Waals surface area contributed by atoms with Gasteiger partial charge in [-0.1, -0.05) is 17.3 Å². The van der Waals surface area contributed by atoms with E-state index < -0.39 is 17.7 Å². The molecule has 0 saturated carbocycles. The average molecular weight is 344 g/mol. The lowest BCUT2D eigenvalue weighted by atomic mass is 10.2. The fourth-order valence-corrected chi connectivity index (χ4v) is 2.11. The summed E-state index contributed by atoms with van der Waals surface area (Å²) in [6.45, 7) is 0.115. The maximum atomic E-state index is 13.6. The fraction of sp³-hybridized carbons (Fsp3) is 0.125. The van der Waals surface area contributed by atoms with Crippen molar-refractivity contribution in [3.05, 3.63) is 71.7 Å². The highest BCUT2D eigenvalue weighted by atomic mass is 19.1. The van der Waals surface area contributed by atoms with Crippen LogP contribution in [-0.2, 0) is 13.1 Å². The Hall–Kier alpha value is -3.36. The number of benzene rings is 1. The Labute approximate surface area is 141 Å². The van der Waals surface area contributed by atoms with E-state index in [1.54, 1.807) is 18.3 Å². The highest BCUT2D eigenvalue weighted by molar-refractivity contribution is 5.87. The van der Waals surface area contributed by atoms with Gasteiger partial charge in [-0.05, 0) is 24.3 Å². The van der Waals surface area contributed by atoms with Gasteiger partial charge >= 0.3 is 6.03 Å². The smallest absolute Gasteiger partial charge is 0.320 e. The molecule has 0 fully saturated rings. The lowest BCUT2D eigenvalue weighted by molar-refractivity contribution is 0.251. The summed E-state index contributed by atoms with van der Waals surface area (Å²) >= 11 is 0. The fourth-order valence-electron chi connectivity index (χ4n) is 2.11. The van der Waals surface area contributed by atoms with Crippen LogP contribution in [0.3, 0.4) is 0 Å². The second-order valence-corrected chi connectivity index (χ2v) is 5.13. The summed E-state index contributed by atoms with van der Waals surface area (Å²) in [6.07, 6.45) is 3.01. The van der Waals surface area contributed by atoms with Gasteiger partial charge in [0.2, 0.25) is 0 Å². The molecule has 0 aliphatic carbocycles. The number of nitrogens with one attached hydrogen (secondary N) is 2. The second-order valence-electron chi connectivity index (χ2n) is 5.13. The van der Waals surface area contributed by atoms with Crippen LogP contribution < -0.4 is 10.6 Å². The summed E-state index contributed by atoms with van der Waals surface area (Å²) < 4.78 is 28.5. The number of aromatic nitrogens is 4. The van der Waals surface area contributed by atoms with Crippen molar-refractivity contribution in [2.45, 2.75) is 13.1 Å². The van der Waals surface area contributed by atoms with Crippen molar-refractivity contribution in [2.75, 3.05) is 5.32 Å². The molecule has 1 aromatic carbocycles. The molecule has 2 amide bonds. The first-order valence-corrected chi connectivity index (χ1v) is 7.39. The van der Waals surface area contributed by atoms with Gasteiger partial charge in [0.1, 0.15) is 11.6 Å². The van der Waals surface area contributed by atoms with Crippen molar-refractivity contribution >= 4 is 11.8 Å². The molecular weight excluding hydrogens is 330 g/mol. The largest absolute Gasteiger partial charge is 0.332 e. The zero-order chi connectivity index (χ0) is 17.6. The van der Waals surface area contributed by atoms with Gasteiger partial charge in [-0.25, -0.2) is 18.3 Å². The number of amides is 2. The molecule has 25 heavy (non-hydrogen) atoms. The van der Waals surface area contributed by atoms with Crippen molar-refractivity contribution in [1.82, 2.24) is 25.3 Å². The van der Waals surface area contributed by atoms with E-state index in [2.05, 4.69) is 25.9 Å². The van der Waals surface area contributed by atoms with Crippen molar-refractivity contribution in [2.24, 2.45) is 0 Å². The first-order chi connectivity index (χ1) is 12.1. The molecule has 2 N–H and O–H groups in total. The van der Waals surface area contributed by atoms with E-state index in [-0.39, 0.29) is 24.5 Å². The lowest BCUT2D eigenvalue weighted by Gasteiger charge is -2.05. The van der Waals surface area contributed by atoms with Crippen LogP contribution >= 0.6 is 0 Å². The second kappa shape index (κ2) is 7.47. The zero-order valence-electron chi connectivity index (χ0n) is 13.0. The number of halogens is 2. The first kappa shape index (κ1) is 16.5. The van der Waals surface area contributed by atoms with Crippen LogP contribution in [0.5, 0.6) is 0 Å². The average Bonchev–Trinajstić information content (AvgIpc) is 3.04. The highest BCUT2D eigenvalue weighted by Crippen LogP contribution is 2.13. The Bertz CT molecular complexity index is 848. The Kier molecular flexibility index (Phi) is 4.93. The Morgan fingerprint density at radius 1 is 1.12 bits per heavy atom. The first-order valence-electron chi connectivity index (χ1n) is 7.39. The number of rotatable bonds is 5. The molecule has 0 aliphatic heterocycles. The molecule has 0 radical (unpaired) electrons. The molecule has 0 atom stereocenters. The minimum atomic E-state index is -0.668. The van der Waals surface area contributed by atoms with Gasteiger partial charge in [0.15, 0.2) is 5.82 Å². The van der Waals surface area contributed by atoms with Crippen LogP contribution in [0.4, 0.5) is 19.4 Å². The van der Waals surface area contributed by atoms with Gasteiger partial charge in [0.05, 0.1) is 25.0 Å². The number of hydrogen-bond acceptors (Lipinski definition) is 4. The van der Waals surface area contributed by atoms with Crippen LogP contribution in [0.1, 0.15) is 11.3 Å². The van der Waals surface area contributed by atoms with Crippen LogP contribution in [-0.4, -0.2) is 26.0 Å². The molecule has 0 aliphatic rings. The molecule has 2 aromatic heterocycles. The number of nitrogens with zero attached hydrogens (tertiary/aromatic N) is 4. The van der Waals surface area contributed by atoms with Gasteiger partial charge < -0.3 is 5.32 Å². The molecular formula is C16H14F2N6O. The van der Waals surface area contributed by atoms with Gasteiger partial charge in [-0.15, -0.1) is 5.10 Å². The molecule has 3 rings (SSSR count). The van der Waals surface area contributed by atoms with Crippen molar-refractivity contribution < 1.29 is 13.6 Å². The van der Waals surface area contributed by atoms with Crippen LogP contribution in [0.2, 0.25) is 0 Å². The molecule has 3 aromatic rings. The van der Waals surface area contributed by atoms with E-state index in [1.165, 1.54) is 29.1 Å². The van der Waals surface area contributed by atoms with E-state index in [0.717, 1.165) is 0 Å². The molecule has 0 spiro atoms. The lowest BCUT2D eigenvalue weighted by Crippen LogP contribution is -2.28. The zero-order valence-corrected chi connectivity index (χ0v) is 13.0. The maximum absolute atomic E-state index is 13.6. The van der Waals surface area contributed by atoms with Crippen LogP contribution in [0, 0.1) is 11.6 Å². The molecule has 0 saturated heterocycles. The summed E-state index contributed by atoms with van der Waals surface area (Å²) in [7, 11) is 0. The van der Waals surface area contributed by atoms with E-state index in [0.29, 0.717) is 5.69 Å². The highest BCUT2D eigenvalue weighted by Gasteiger charge is 2.11. The van der Waals surface area contributed by atoms with Crippen molar-refractivity contribution in [1.29, 1.82) is 0 Å². The molecule has 7 nitrogen and oxygen atoms in total. The predicted molar refractivity (Wildman–Crippen MR) is 85.6 cm³/mol. The Morgan fingerprint density at radius 2 is 1.92 bits per heavy atom. The monoisotopic (exact) mass is 344 g/mol. The van der Waals surface area contributed by atoms with Crippen LogP contribution in [0.15, 0.2) is 48.8 Å².